The van der Waals surface area contributed by atoms with Gasteiger partial charge in [0.2, 0.25) is 0 Å². The third-order valence-electron chi connectivity index (χ3n) is 3.22. The Morgan fingerprint density at radius 2 is 1.68 bits per heavy atom. The molecule has 0 aliphatic rings. The van der Waals surface area contributed by atoms with Crippen LogP contribution in [0.25, 0.3) is 0 Å². The van der Waals surface area contributed by atoms with Gasteiger partial charge >= 0.3 is 0 Å². The number of benzene rings is 2. The van der Waals surface area contributed by atoms with Gasteiger partial charge in [-0.2, -0.15) is 0 Å². The summed E-state index contributed by atoms with van der Waals surface area (Å²) in [6, 6.07) is 16.6. The third kappa shape index (κ3) is 3.30. The minimum atomic E-state index is -0.585. The van der Waals surface area contributed by atoms with Crippen LogP contribution in [0.3, 0.4) is 0 Å². The molecule has 0 aliphatic carbocycles. The van der Waals surface area contributed by atoms with E-state index in [9.17, 15) is 4.79 Å². The van der Waals surface area contributed by atoms with Crippen LogP contribution in [0.15, 0.2) is 54.6 Å². The van der Waals surface area contributed by atoms with E-state index in [2.05, 4.69) is 6.92 Å². The van der Waals surface area contributed by atoms with E-state index in [1.165, 1.54) is 5.56 Å². The number of carbonyl (C=O) groups excluding carboxylic acids is 1. The first-order valence-electron chi connectivity index (χ1n) is 6.66. The second-order valence-electron chi connectivity index (χ2n) is 4.70. The zero-order valence-corrected chi connectivity index (χ0v) is 11.2. The minimum Gasteiger partial charge on any atom is -0.318 e. The molecule has 0 saturated heterocycles. The topological polar surface area (TPSA) is 43.1 Å². The molecule has 0 unspecified atom stereocenters. The zero-order chi connectivity index (χ0) is 13.7. The second kappa shape index (κ2) is 6.30. The standard InChI is InChI=1S/C17H19NO/c1-2-6-13-9-11-15(12-10-13)17(19)16(18)14-7-4-3-5-8-14/h3-5,7-12,16H,2,6,18H2,1H3/t16-/m1/s1. The van der Waals surface area contributed by atoms with Crippen LogP contribution in [0.1, 0.15) is 40.9 Å². The normalized spacial score (nSPS) is 12.1. The number of aryl methyl sites for hydroxylation is 1. The van der Waals surface area contributed by atoms with E-state index in [4.69, 9.17) is 5.73 Å². The quantitative estimate of drug-likeness (QED) is 0.828. The lowest BCUT2D eigenvalue weighted by molar-refractivity contribution is 0.0961. The summed E-state index contributed by atoms with van der Waals surface area (Å²) in [5.41, 5.74) is 8.80. The summed E-state index contributed by atoms with van der Waals surface area (Å²) in [6.45, 7) is 2.14. The van der Waals surface area contributed by atoms with Crippen LogP contribution in [0, 0.1) is 0 Å². The first-order valence-corrected chi connectivity index (χ1v) is 6.66. The van der Waals surface area contributed by atoms with Crippen molar-refractivity contribution in [2.24, 2.45) is 5.73 Å². The molecule has 0 saturated carbocycles. The molecule has 0 spiro atoms. The van der Waals surface area contributed by atoms with Gasteiger partial charge in [-0.1, -0.05) is 67.9 Å². The fourth-order valence-electron chi connectivity index (χ4n) is 2.12. The maximum atomic E-state index is 12.3. The zero-order valence-electron chi connectivity index (χ0n) is 11.2. The summed E-state index contributed by atoms with van der Waals surface area (Å²) in [5, 5.41) is 0. The van der Waals surface area contributed by atoms with Crippen molar-refractivity contribution in [3.8, 4) is 0 Å². The molecule has 1 atom stereocenters. The Balaban J connectivity index is 2.15. The number of rotatable bonds is 5. The van der Waals surface area contributed by atoms with Crippen LogP contribution < -0.4 is 5.73 Å². The van der Waals surface area contributed by atoms with Crippen molar-refractivity contribution in [2.45, 2.75) is 25.8 Å². The third-order valence-corrected chi connectivity index (χ3v) is 3.22. The average molecular weight is 253 g/mol. The van der Waals surface area contributed by atoms with E-state index in [0.29, 0.717) is 5.56 Å². The summed E-state index contributed by atoms with van der Waals surface area (Å²) in [7, 11) is 0. The number of hydrogen-bond acceptors (Lipinski definition) is 2. The van der Waals surface area contributed by atoms with Crippen molar-refractivity contribution in [3.05, 3.63) is 71.3 Å². The summed E-state index contributed by atoms with van der Waals surface area (Å²) in [4.78, 5) is 12.3. The van der Waals surface area contributed by atoms with Crippen LogP contribution in [-0.4, -0.2) is 5.78 Å². The predicted octanol–water partition coefficient (Wildman–Crippen LogP) is 3.52. The Hall–Kier alpha value is -1.93. The van der Waals surface area contributed by atoms with E-state index in [1.807, 2.05) is 54.6 Å². The number of Topliss-reactive ketones (excluding diaryl/α,β-unsaturated/α-hetero) is 1. The first kappa shape index (κ1) is 13.5. The Bertz CT molecular complexity index is 531. The lowest BCUT2D eigenvalue weighted by Gasteiger charge is -2.11. The highest BCUT2D eigenvalue weighted by atomic mass is 16.1. The summed E-state index contributed by atoms with van der Waals surface area (Å²) < 4.78 is 0. The van der Waals surface area contributed by atoms with Crippen LogP contribution in [0.5, 0.6) is 0 Å². The van der Waals surface area contributed by atoms with Gasteiger partial charge in [0.1, 0.15) is 0 Å². The van der Waals surface area contributed by atoms with E-state index < -0.39 is 6.04 Å². The highest BCUT2D eigenvalue weighted by Crippen LogP contribution is 2.16. The van der Waals surface area contributed by atoms with Crippen molar-refractivity contribution in [2.75, 3.05) is 0 Å². The van der Waals surface area contributed by atoms with Gasteiger partial charge in [0.25, 0.3) is 0 Å². The van der Waals surface area contributed by atoms with E-state index in [0.717, 1.165) is 18.4 Å². The highest BCUT2D eigenvalue weighted by Gasteiger charge is 2.17. The minimum absolute atomic E-state index is 0.0331. The Morgan fingerprint density at radius 1 is 1.05 bits per heavy atom. The number of nitrogens with two attached hydrogens (primary N) is 1. The smallest absolute Gasteiger partial charge is 0.184 e. The molecule has 2 N–H and O–H groups in total. The van der Waals surface area contributed by atoms with Crippen LogP contribution >= 0.6 is 0 Å². The molecular formula is C17H19NO. The SMILES string of the molecule is CCCc1ccc(C(=O)[C@H](N)c2ccccc2)cc1. The van der Waals surface area contributed by atoms with Crippen molar-refractivity contribution >= 4 is 5.78 Å². The molecule has 2 rings (SSSR count). The highest BCUT2D eigenvalue weighted by molar-refractivity contribution is 6.00. The van der Waals surface area contributed by atoms with Gasteiger partial charge in [-0.15, -0.1) is 0 Å². The van der Waals surface area contributed by atoms with Crippen molar-refractivity contribution in [3.63, 3.8) is 0 Å². The van der Waals surface area contributed by atoms with Gasteiger partial charge in [0.05, 0.1) is 6.04 Å². The van der Waals surface area contributed by atoms with Crippen LogP contribution in [0.2, 0.25) is 0 Å². The van der Waals surface area contributed by atoms with Crippen LogP contribution in [-0.2, 0) is 6.42 Å². The summed E-state index contributed by atoms with van der Waals surface area (Å²) in [5.74, 6) is -0.0331. The fourth-order valence-corrected chi connectivity index (χ4v) is 2.12. The van der Waals surface area contributed by atoms with Gasteiger partial charge in [0.15, 0.2) is 5.78 Å². The number of ketones is 1. The molecular weight excluding hydrogens is 234 g/mol. The van der Waals surface area contributed by atoms with Gasteiger partial charge in [-0.25, -0.2) is 0 Å². The van der Waals surface area contributed by atoms with Crippen molar-refractivity contribution in [1.29, 1.82) is 0 Å². The van der Waals surface area contributed by atoms with E-state index in [1.54, 1.807) is 0 Å². The Kier molecular flexibility index (Phi) is 4.48. The summed E-state index contributed by atoms with van der Waals surface area (Å²) >= 11 is 0. The number of carbonyl (C=O) groups is 1. The lowest BCUT2D eigenvalue weighted by Crippen LogP contribution is -2.21. The molecule has 2 heteroatoms. The largest absolute Gasteiger partial charge is 0.318 e. The van der Waals surface area contributed by atoms with Crippen molar-refractivity contribution in [1.82, 2.24) is 0 Å². The molecule has 0 bridgehead atoms. The van der Waals surface area contributed by atoms with Gasteiger partial charge < -0.3 is 5.73 Å². The Morgan fingerprint density at radius 3 is 2.26 bits per heavy atom. The maximum Gasteiger partial charge on any atom is 0.184 e. The first-order chi connectivity index (χ1) is 9.22. The van der Waals surface area contributed by atoms with Crippen molar-refractivity contribution < 1.29 is 4.79 Å². The summed E-state index contributed by atoms with van der Waals surface area (Å²) in [6.07, 6.45) is 2.15. The lowest BCUT2D eigenvalue weighted by atomic mass is 9.97. The molecule has 2 nitrogen and oxygen atoms in total. The second-order valence-corrected chi connectivity index (χ2v) is 4.70. The van der Waals surface area contributed by atoms with E-state index in [-0.39, 0.29) is 5.78 Å². The van der Waals surface area contributed by atoms with E-state index >= 15 is 0 Å². The predicted molar refractivity (Wildman–Crippen MR) is 78.1 cm³/mol. The molecule has 98 valence electrons. The molecule has 2 aromatic rings. The molecule has 19 heavy (non-hydrogen) atoms. The van der Waals surface area contributed by atoms with Gasteiger partial charge in [0, 0.05) is 5.56 Å². The molecule has 2 aromatic carbocycles. The molecule has 0 fully saturated rings. The Labute approximate surface area is 114 Å². The molecule has 0 radical (unpaired) electrons. The van der Waals surface area contributed by atoms with Gasteiger partial charge in [-0.3, -0.25) is 4.79 Å². The van der Waals surface area contributed by atoms with Crippen LogP contribution in [0.4, 0.5) is 0 Å². The molecule has 0 amide bonds. The fraction of sp³-hybridized carbons (Fsp3) is 0.235. The molecule has 0 aliphatic heterocycles. The maximum absolute atomic E-state index is 12.3. The monoisotopic (exact) mass is 253 g/mol. The van der Waals surface area contributed by atoms with Gasteiger partial charge in [-0.05, 0) is 17.5 Å². The molecule has 0 heterocycles. The molecule has 0 aromatic heterocycles. The number of hydrogen-bond donors (Lipinski definition) is 1. The average Bonchev–Trinajstić information content (AvgIpc) is 2.48.